The maximum atomic E-state index is 11.9. The van der Waals surface area contributed by atoms with Crippen molar-refractivity contribution >= 4 is 22.1 Å². The second-order valence-corrected chi connectivity index (χ2v) is 5.15. The molecule has 0 amide bonds. The van der Waals surface area contributed by atoms with Crippen LogP contribution in [0.2, 0.25) is 0 Å². The number of hydrogen-bond acceptors (Lipinski definition) is 8. The predicted molar refractivity (Wildman–Crippen MR) is 64.3 cm³/mol. The number of nitrogens with two attached hydrogens (primary N) is 1. The number of hydrogen-bond donors (Lipinski definition) is 2. The maximum absolute atomic E-state index is 11.9. The Morgan fingerprint density at radius 3 is 2.50 bits per heavy atom. The van der Waals surface area contributed by atoms with Gasteiger partial charge in [0.15, 0.2) is 0 Å². The lowest BCUT2D eigenvalue weighted by Gasteiger charge is -2.15. The van der Waals surface area contributed by atoms with Gasteiger partial charge >= 0.3 is 10.1 Å². The number of azo groups is 1. The van der Waals surface area contributed by atoms with Gasteiger partial charge < -0.3 is 5.43 Å². The van der Waals surface area contributed by atoms with E-state index in [2.05, 4.69) is 20.6 Å². The second-order valence-electron chi connectivity index (χ2n) is 3.60. The van der Waals surface area contributed by atoms with Crippen molar-refractivity contribution in [1.82, 2.24) is 0 Å². The molecule has 8 nitrogen and oxygen atoms in total. The van der Waals surface area contributed by atoms with Crippen molar-refractivity contribution in [3.63, 3.8) is 0 Å². The van der Waals surface area contributed by atoms with Crippen molar-refractivity contribution in [1.29, 1.82) is 0 Å². The summed E-state index contributed by atoms with van der Waals surface area (Å²) in [5.41, 5.74) is 2.98. The smallest absolute Gasteiger partial charge is 0.300 e. The first kappa shape index (κ1) is 12.6. The lowest BCUT2D eigenvalue weighted by Crippen LogP contribution is -2.25. The minimum absolute atomic E-state index is 0.0139. The molecule has 9 heteroatoms. The quantitative estimate of drug-likeness (QED) is 0.477. The number of nitrogens with zero attached hydrogens (tertiary/aromatic N) is 3. The molecule has 1 aliphatic rings. The van der Waals surface area contributed by atoms with Gasteiger partial charge in [-0.05, 0) is 24.3 Å². The zero-order valence-electron chi connectivity index (χ0n) is 9.44. The number of nitrogen functional groups attached to an aromatic ring is 1. The molecule has 0 radical (unpaired) electrons. The molecule has 96 valence electrons. The highest BCUT2D eigenvalue weighted by Gasteiger charge is 2.33. The van der Waals surface area contributed by atoms with E-state index in [-0.39, 0.29) is 4.90 Å². The molecular weight excluding hydrogens is 258 g/mol. The van der Waals surface area contributed by atoms with Crippen LogP contribution < -0.4 is 11.3 Å². The van der Waals surface area contributed by atoms with E-state index in [1.165, 1.54) is 31.2 Å². The van der Waals surface area contributed by atoms with Crippen molar-refractivity contribution in [2.24, 2.45) is 21.1 Å². The largest absolute Gasteiger partial charge is 0.324 e. The summed E-state index contributed by atoms with van der Waals surface area (Å²) in [6, 6.07) is 5.75. The summed E-state index contributed by atoms with van der Waals surface area (Å²) in [5.74, 6) is 3.66. The molecule has 2 rings (SSSR count). The Hall–Kier alpha value is -1.84. The monoisotopic (exact) mass is 269 g/mol. The van der Waals surface area contributed by atoms with Crippen LogP contribution in [0, 0.1) is 0 Å². The molecule has 3 N–H and O–H groups in total. The Morgan fingerprint density at radius 1 is 1.33 bits per heavy atom. The van der Waals surface area contributed by atoms with Crippen LogP contribution in [0.1, 0.15) is 6.92 Å². The highest BCUT2D eigenvalue weighted by molar-refractivity contribution is 7.86. The molecule has 0 aromatic heterocycles. The summed E-state index contributed by atoms with van der Waals surface area (Å²) < 4.78 is 28.8. The average Bonchev–Trinajstić information content (AvgIpc) is 2.75. The highest BCUT2D eigenvalue weighted by Crippen LogP contribution is 2.25. The van der Waals surface area contributed by atoms with Gasteiger partial charge in [-0.3, -0.25) is 5.84 Å². The molecule has 0 aliphatic carbocycles. The van der Waals surface area contributed by atoms with Crippen molar-refractivity contribution < 1.29 is 12.6 Å². The van der Waals surface area contributed by atoms with Gasteiger partial charge in [-0.2, -0.15) is 8.42 Å². The first-order valence-corrected chi connectivity index (χ1v) is 6.34. The molecule has 1 atom stereocenters. The average molecular weight is 269 g/mol. The van der Waals surface area contributed by atoms with Gasteiger partial charge in [0.1, 0.15) is 6.34 Å². The first-order valence-electron chi connectivity index (χ1n) is 4.93. The maximum Gasteiger partial charge on any atom is 0.300 e. The fourth-order valence-corrected chi connectivity index (χ4v) is 2.36. The summed E-state index contributed by atoms with van der Waals surface area (Å²) in [4.78, 5) is 3.71. The van der Waals surface area contributed by atoms with Crippen LogP contribution in [0.4, 0.5) is 5.69 Å². The summed E-state index contributed by atoms with van der Waals surface area (Å²) in [7, 11) is -3.96. The molecule has 1 aromatic carbocycles. The molecule has 1 heterocycles. The van der Waals surface area contributed by atoms with E-state index < -0.39 is 16.0 Å². The zero-order valence-corrected chi connectivity index (χ0v) is 10.3. The standard InChI is InChI=1S/C9H11N5O3S/c1-9(11-6-12-14-9)17-18(15,16)8-4-2-7(13-10)3-5-8/h2-6,13H,10H2,1H3. The molecule has 0 bridgehead atoms. The molecule has 0 spiro atoms. The van der Waals surface area contributed by atoms with Gasteiger partial charge in [0.25, 0.3) is 5.85 Å². The van der Waals surface area contributed by atoms with Crippen LogP contribution in [-0.4, -0.2) is 20.6 Å². The summed E-state index contributed by atoms with van der Waals surface area (Å²) in [5, 5.41) is 7.04. The number of anilines is 1. The summed E-state index contributed by atoms with van der Waals surface area (Å²) >= 11 is 0. The summed E-state index contributed by atoms with van der Waals surface area (Å²) in [6.07, 6.45) is 1.14. The van der Waals surface area contributed by atoms with Crippen molar-refractivity contribution in [3.05, 3.63) is 24.3 Å². The molecule has 1 aromatic rings. The molecule has 0 fully saturated rings. The van der Waals surface area contributed by atoms with E-state index in [1.807, 2.05) is 0 Å². The van der Waals surface area contributed by atoms with E-state index >= 15 is 0 Å². The van der Waals surface area contributed by atoms with Gasteiger partial charge in [0.05, 0.1) is 4.90 Å². The van der Waals surface area contributed by atoms with Gasteiger partial charge in [-0.1, -0.05) is 0 Å². The Morgan fingerprint density at radius 2 is 2.00 bits per heavy atom. The highest BCUT2D eigenvalue weighted by atomic mass is 32.2. The van der Waals surface area contributed by atoms with Crippen LogP contribution in [-0.2, 0) is 14.3 Å². The lowest BCUT2D eigenvalue weighted by atomic mass is 10.3. The van der Waals surface area contributed by atoms with Crippen LogP contribution in [0.5, 0.6) is 0 Å². The number of aliphatic imine (C=N–C) groups is 1. The molecule has 0 saturated carbocycles. The molecule has 1 unspecified atom stereocenters. The third-order valence-corrected chi connectivity index (χ3v) is 3.55. The van der Waals surface area contributed by atoms with E-state index in [1.54, 1.807) is 0 Å². The van der Waals surface area contributed by atoms with Crippen LogP contribution >= 0.6 is 0 Å². The lowest BCUT2D eigenvalue weighted by molar-refractivity contribution is 0.117. The fourth-order valence-electron chi connectivity index (χ4n) is 1.30. The van der Waals surface area contributed by atoms with Crippen molar-refractivity contribution in [2.45, 2.75) is 17.7 Å². The third-order valence-electron chi connectivity index (χ3n) is 2.17. The van der Waals surface area contributed by atoms with E-state index in [0.29, 0.717) is 5.69 Å². The van der Waals surface area contributed by atoms with Gasteiger partial charge in [0, 0.05) is 12.6 Å². The van der Waals surface area contributed by atoms with Gasteiger partial charge in [-0.15, -0.1) is 10.2 Å². The summed E-state index contributed by atoms with van der Waals surface area (Å²) in [6.45, 7) is 1.40. The molecule has 18 heavy (non-hydrogen) atoms. The minimum atomic E-state index is -3.96. The normalized spacial score (nSPS) is 22.3. The zero-order chi connectivity index (χ0) is 13.2. The predicted octanol–water partition coefficient (Wildman–Crippen LogP) is 0.845. The van der Waals surface area contributed by atoms with Gasteiger partial charge in [-0.25, -0.2) is 9.18 Å². The topological polar surface area (TPSA) is 118 Å². The Bertz CT molecular complexity index is 581. The number of rotatable bonds is 4. The van der Waals surface area contributed by atoms with Gasteiger partial charge in [0.2, 0.25) is 0 Å². The molecular formula is C9H11N5O3S. The second kappa shape index (κ2) is 4.44. The van der Waals surface area contributed by atoms with E-state index in [4.69, 9.17) is 10.0 Å². The number of benzene rings is 1. The van der Waals surface area contributed by atoms with E-state index in [0.717, 1.165) is 6.34 Å². The number of hydrazine groups is 1. The SMILES string of the molecule is CC1(OS(=O)(=O)c2ccc(NN)cc2)N=CN=N1. The van der Waals surface area contributed by atoms with Crippen LogP contribution in [0.3, 0.4) is 0 Å². The van der Waals surface area contributed by atoms with Crippen molar-refractivity contribution in [3.8, 4) is 0 Å². The van der Waals surface area contributed by atoms with Crippen LogP contribution in [0.15, 0.2) is 44.4 Å². The Labute approximate surface area is 104 Å². The third kappa shape index (κ3) is 2.53. The van der Waals surface area contributed by atoms with Crippen molar-refractivity contribution in [2.75, 3.05) is 5.43 Å². The fraction of sp³-hybridized carbons (Fsp3) is 0.222. The molecule has 0 saturated heterocycles. The Balaban J connectivity index is 2.25. The van der Waals surface area contributed by atoms with E-state index in [9.17, 15) is 8.42 Å². The number of nitrogens with one attached hydrogen (secondary N) is 1. The first-order chi connectivity index (χ1) is 8.45. The Kier molecular flexibility index (Phi) is 3.11. The minimum Gasteiger partial charge on any atom is -0.324 e. The van der Waals surface area contributed by atoms with Crippen LogP contribution in [0.25, 0.3) is 0 Å². The molecule has 1 aliphatic heterocycles.